The number of methoxy groups -OCH3 is 1. The summed E-state index contributed by atoms with van der Waals surface area (Å²) in [6, 6.07) is 4.27. The fraction of sp³-hybridized carbons (Fsp3) is 0.533. The third-order valence-corrected chi connectivity index (χ3v) is 7.68. The molecule has 3 atom stereocenters. The molecule has 0 aliphatic carbocycles. The number of nitrogens with zero attached hydrogens (tertiary/aromatic N) is 2. The van der Waals surface area contributed by atoms with Crippen LogP contribution in [-0.4, -0.2) is 72.5 Å². The molecule has 1 aromatic rings. The topological polar surface area (TPSA) is 111 Å². The number of imide groups is 1. The summed E-state index contributed by atoms with van der Waals surface area (Å²) in [6.45, 7) is 10.5. The fourth-order valence-corrected chi connectivity index (χ4v) is 5.52. The van der Waals surface area contributed by atoms with Crippen LogP contribution in [0.5, 0.6) is 0 Å². The molecule has 1 fully saturated rings. The predicted molar refractivity (Wildman–Crippen MR) is 150 cm³/mol. The molecule has 40 heavy (non-hydrogen) atoms. The van der Waals surface area contributed by atoms with E-state index in [0.717, 1.165) is 23.1 Å². The number of unbranched alkanes of at least 4 members (excludes halogenated alkanes) is 2. The van der Waals surface area contributed by atoms with Crippen LogP contribution in [0.15, 0.2) is 37.4 Å². The van der Waals surface area contributed by atoms with E-state index in [-0.39, 0.29) is 19.8 Å². The normalized spacial score (nSPS) is 20.2. The number of benzene rings is 1. The fourth-order valence-electron chi connectivity index (χ4n) is 5.52. The van der Waals surface area contributed by atoms with Crippen molar-refractivity contribution >= 4 is 30.3 Å². The number of ether oxygens (including phenoxy) is 3. The highest BCUT2D eigenvalue weighted by Gasteiger charge is 2.58. The molecule has 3 unspecified atom stereocenters. The number of carbonyl (C=O) groups excluding carboxylic acids is 4. The average Bonchev–Trinajstić information content (AvgIpc) is 3.60. The van der Waals surface area contributed by atoms with Gasteiger partial charge >= 0.3 is 24.2 Å². The first-order valence-corrected chi connectivity index (χ1v) is 14.0. The number of hydrogen-bond donors (Lipinski definition) is 1. The van der Waals surface area contributed by atoms with E-state index in [4.69, 9.17) is 14.2 Å². The molecule has 1 N–H and O–H groups in total. The molecule has 0 aromatic heterocycles. The summed E-state index contributed by atoms with van der Waals surface area (Å²) in [5.74, 6) is -0.480. The van der Waals surface area contributed by atoms with Gasteiger partial charge in [0.05, 0.1) is 26.8 Å². The average molecular weight is 557 g/mol. The van der Waals surface area contributed by atoms with Gasteiger partial charge in [-0.1, -0.05) is 56.7 Å². The van der Waals surface area contributed by atoms with Crippen molar-refractivity contribution in [3.63, 3.8) is 0 Å². The van der Waals surface area contributed by atoms with E-state index in [1.807, 2.05) is 25.1 Å². The van der Waals surface area contributed by atoms with Gasteiger partial charge in [-0.05, 0) is 36.0 Å². The first-order chi connectivity index (χ1) is 19.3. The number of quaternary nitrogens is 1. The Balaban J connectivity index is 1.73. The van der Waals surface area contributed by atoms with Crippen LogP contribution in [0.3, 0.4) is 0 Å². The second-order valence-corrected chi connectivity index (χ2v) is 10.2. The van der Waals surface area contributed by atoms with Gasteiger partial charge in [0.15, 0.2) is 0 Å². The summed E-state index contributed by atoms with van der Waals surface area (Å²) in [5.41, 5.74) is 3.04. The molecular weight excluding hydrogens is 514 g/mol. The van der Waals surface area contributed by atoms with E-state index in [1.165, 1.54) is 7.11 Å². The quantitative estimate of drug-likeness (QED) is 0.161. The van der Waals surface area contributed by atoms with Gasteiger partial charge in [-0.3, -0.25) is 4.90 Å². The van der Waals surface area contributed by atoms with Crippen LogP contribution in [-0.2, 0) is 32.1 Å². The highest BCUT2D eigenvalue weighted by atomic mass is 16.6. The molecule has 0 radical (unpaired) electrons. The minimum absolute atomic E-state index is 0.132. The van der Waals surface area contributed by atoms with Crippen LogP contribution in [0.25, 0.3) is 6.08 Å². The zero-order valence-corrected chi connectivity index (χ0v) is 23.7. The molecular formula is C30H42N3O7+. The number of allylic oxidation sites excluding steroid dienone is 1. The Bertz CT molecular complexity index is 1100. The number of amides is 4. The lowest BCUT2D eigenvalue weighted by atomic mass is 10.0. The molecule has 3 rings (SSSR count). The summed E-state index contributed by atoms with van der Waals surface area (Å²) in [7, 11) is 1.23. The number of nitrogens with one attached hydrogen (secondary N) is 1. The van der Waals surface area contributed by atoms with E-state index in [2.05, 4.69) is 18.5 Å². The zero-order chi connectivity index (χ0) is 29.1. The molecule has 0 saturated carbocycles. The number of carbonyl (C=O) groups is 4. The summed E-state index contributed by atoms with van der Waals surface area (Å²) in [6.07, 6.45) is 5.72. The summed E-state index contributed by atoms with van der Waals surface area (Å²) < 4.78 is 15.4. The largest absolute Gasteiger partial charge is 0.523 e. The van der Waals surface area contributed by atoms with Crippen LogP contribution in [0.1, 0.15) is 68.6 Å². The van der Waals surface area contributed by atoms with E-state index < -0.39 is 40.8 Å². The van der Waals surface area contributed by atoms with Gasteiger partial charge < -0.3 is 19.5 Å². The highest BCUT2D eigenvalue weighted by Crippen LogP contribution is 2.32. The standard InChI is InChI=1S/C30H41N3O7/c1-5-8-10-18-39-28(35)31-26(16-9-6-2)27(34)33(30(37)38-4)17-12-15-24(33)21-40-29(36)32-19-23-14-11-13-22(7-3)25(23)20-32/h5,7,11,13-14,24,26H,1,3,6,8-10,12,15-21H2,2,4H3/p+1. The van der Waals surface area contributed by atoms with Crippen molar-refractivity contribution in [1.82, 2.24) is 10.2 Å². The van der Waals surface area contributed by atoms with E-state index in [9.17, 15) is 19.2 Å². The van der Waals surface area contributed by atoms with Crippen LogP contribution in [0, 0.1) is 0 Å². The van der Waals surface area contributed by atoms with Crippen LogP contribution in [0.4, 0.5) is 14.4 Å². The minimum atomic E-state index is -0.951. The van der Waals surface area contributed by atoms with Crippen LogP contribution in [0.2, 0.25) is 0 Å². The lowest BCUT2D eigenvalue weighted by molar-refractivity contribution is -0.796. The lowest BCUT2D eigenvalue weighted by Crippen LogP contribution is -2.66. The Morgan fingerprint density at radius 1 is 1.18 bits per heavy atom. The van der Waals surface area contributed by atoms with E-state index in [0.29, 0.717) is 51.6 Å². The molecule has 10 nitrogen and oxygen atoms in total. The van der Waals surface area contributed by atoms with E-state index in [1.54, 1.807) is 17.1 Å². The maximum atomic E-state index is 14.0. The Morgan fingerprint density at radius 2 is 1.98 bits per heavy atom. The van der Waals surface area contributed by atoms with Gasteiger partial charge in [0.25, 0.3) is 0 Å². The van der Waals surface area contributed by atoms with Gasteiger partial charge in [-0.25, -0.2) is 14.4 Å². The molecule has 2 heterocycles. The van der Waals surface area contributed by atoms with Crippen molar-refractivity contribution in [2.24, 2.45) is 0 Å². The van der Waals surface area contributed by atoms with Gasteiger partial charge in [-0.2, -0.15) is 9.28 Å². The first kappa shape index (κ1) is 30.9. The maximum Gasteiger partial charge on any atom is 0.523 e. The lowest BCUT2D eigenvalue weighted by Gasteiger charge is -2.35. The van der Waals surface area contributed by atoms with Crippen molar-refractivity contribution in [3.8, 4) is 0 Å². The highest BCUT2D eigenvalue weighted by molar-refractivity contribution is 5.88. The Kier molecular flexibility index (Phi) is 11.3. The molecule has 2 aliphatic heterocycles. The first-order valence-electron chi connectivity index (χ1n) is 14.0. The van der Waals surface area contributed by atoms with Crippen LogP contribution < -0.4 is 5.32 Å². The molecule has 2 aliphatic rings. The summed E-state index contributed by atoms with van der Waals surface area (Å²) >= 11 is 0. The van der Waals surface area contributed by atoms with Crippen LogP contribution >= 0.6 is 0 Å². The molecule has 10 heteroatoms. The molecule has 218 valence electrons. The molecule has 4 amide bonds. The SMILES string of the molecule is C=CCCCOC(=O)NC(CCCC)C(=O)[N+]1(C(=O)OC)CCCC1COC(=O)N1Cc2cccc(C=C)c2C1. The molecule has 0 bridgehead atoms. The van der Waals surface area contributed by atoms with Gasteiger partial charge in [0, 0.05) is 19.4 Å². The number of rotatable bonds is 12. The van der Waals surface area contributed by atoms with Crippen molar-refractivity contribution in [3.05, 3.63) is 54.1 Å². The third kappa shape index (κ3) is 6.91. The second kappa shape index (κ2) is 14.6. The minimum Gasteiger partial charge on any atom is -0.450 e. The maximum absolute atomic E-state index is 14.0. The smallest absolute Gasteiger partial charge is 0.450 e. The van der Waals surface area contributed by atoms with Crippen molar-refractivity contribution < 1.29 is 37.9 Å². The summed E-state index contributed by atoms with van der Waals surface area (Å²) in [5, 5.41) is 2.68. The molecule has 1 aromatic carbocycles. The van der Waals surface area contributed by atoms with Crippen molar-refractivity contribution in [1.29, 1.82) is 0 Å². The summed E-state index contributed by atoms with van der Waals surface area (Å²) in [4.78, 5) is 54.4. The molecule has 0 spiro atoms. The monoisotopic (exact) mass is 556 g/mol. The number of fused-ring (bicyclic) bond motifs is 1. The van der Waals surface area contributed by atoms with Crippen molar-refractivity contribution in [2.75, 3.05) is 26.9 Å². The van der Waals surface area contributed by atoms with Gasteiger partial charge in [0.1, 0.15) is 18.7 Å². The number of hydrogen-bond acceptors (Lipinski definition) is 7. The zero-order valence-electron chi connectivity index (χ0n) is 23.7. The third-order valence-electron chi connectivity index (χ3n) is 7.68. The Hall–Kier alpha value is -3.66. The second-order valence-electron chi connectivity index (χ2n) is 10.2. The Morgan fingerprint density at radius 3 is 2.67 bits per heavy atom. The van der Waals surface area contributed by atoms with Gasteiger partial charge in [-0.15, -0.1) is 6.58 Å². The number of alkyl carbamates (subject to hydrolysis) is 1. The Labute approximate surface area is 236 Å². The van der Waals surface area contributed by atoms with E-state index >= 15 is 0 Å². The molecule has 1 saturated heterocycles. The van der Waals surface area contributed by atoms with Gasteiger partial charge in [0.2, 0.25) is 0 Å². The number of likely N-dealkylation sites (tertiary alicyclic amines) is 1. The van der Waals surface area contributed by atoms with Crippen molar-refractivity contribution in [2.45, 2.75) is 77.0 Å². The predicted octanol–water partition coefficient (Wildman–Crippen LogP) is 5.31.